The van der Waals surface area contributed by atoms with Gasteiger partial charge < -0.3 is 0 Å². The lowest BCUT2D eigenvalue weighted by Crippen LogP contribution is -2.06. The lowest BCUT2D eigenvalue weighted by molar-refractivity contribution is 0.567. The van der Waals surface area contributed by atoms with E-state index < -0.39 is 0 Å². The standard InChI is InChI=1S/C14H18/c1-10-5-7-12-11(9-10)6-8-13(12)14(2,3)4/h5,7-9H,6H2,1-4H3. The number of fused-ring (bicyclic) bond motifs is 1. The van der Waals surface area contributed by atoms with Crippen LogP contribution < -0.4 is 0 Å². The van der Waals surface area contributed by atoms with Crippen molar-refractivity contribution in [2.24, 2.45) is 5.41 Å². The van der Waals surface area contributed by atoms with Gasteiger partial charge in [-0.1, -0.05) is 50.6 Å². The summed E-state index contributed by atoms with van der Waals surface area (Å²) in [5.74, 6) is 0. The molecular formula is C14H18. The molecule has 0 spiro atoms. The van der Waals surface area contributed by atoms with Crippen molar-refractivity contribution in [3.63, 3.8) is 0 Å². The molecule has 1 aliphatic rings. The Morgan fingerprint density at radius 3 is 2.50 bits per heavy atom. The van der Waals surface area contributed by atoms with Gasteiger partial charge in [0, 0.05) is 0 Å². The monoisotopic (exact) mass is 186 g/mol. The number of rotatable bonds is 0. The first kappa shape index (κ1) is 9.51. The van der Waals surface area contributed by atoms with Crippen LogP contribution in [0.15, 0.2) is 24.3 Å². The smallest absolute Gasteiger partial charge is 0.00851 e. The molecule has 1 aliphatic carbocycles. The predicted octanol–water partition coefficient (Wildman–Crippen LogP) is 3.98. The van der Waals surface area contributed by atoms with Gasteiger partial charge in [0.1, 0.15) is 0 Å². The summed E-state index contributed by atoms with van der Waals surface area (Å²) in [5.41, 5.74) is 6.11. The van der Waals surface area contributed by atoms with Crippen LogP contribution in [-0.4, -0.2) is 0 Å². The first-order chi connectivity index (χ1) is 6.48. The second kappa shape index (κ2) is 2.98. The maximum absolute atomic E-state index is 2.38. The summed E-state index contributed by atoms with van der Waals surface area (Å²) >= 11 is 0. The molecular weight excluding hydrogens is 168 g/mol. The van der Waals surface area contributed by atoms with Crippen molar-refractivity contribution in [3.05, 3.63) is 41.0 Å². The zero-order valence-corrected chi connectivity index (χ0v) is 9.52. The van der Waals surface area contributed by atoms with Gasteiger partial charge in [0.05, 0.1) is 0 Å². The van der Waals surface area contributed by atoms with Crippen molar-refractivity contribution in [1.29, 1.82) is 0 Å². The van der Waals surface area contributed by atoms with E-state index in [2.05, 4.69) is 52.0 Å². The van der Waals surface area contributed by atoms with Crippen molar-refractivity contribution in [1.82, 2.24) is 0 Å². The van der Waals surface area contributed by atoms with E-state index in [1.54, 1.807) is 0 Å². The van der Waals surface area contributed by atoms with Crippen LogP contribution >= 0.6 is 0 Å². The molecule has 74 valence electrons. The van der Waals surface area contributed by atoms with Gasteiger partial charge in [-0.3, -0.25) is 0 Å². The molecule has 0 saturated heterocycles. The van der Waals surface area contributed by atoms with Crippen molar-refractivity contribution in [3.8, 4) is 0 Å². The Morgan fingerprint density at radius 2 is 1.86 bits per heavy atom. The van der Waals surface area contributed by atoms with Gasteiger partial charge in [0.25, 0.3) is 0 Å². The van der Waals surface area contributed by atoms with E-state index in [1.165, 1.54) is 22.3 Å². The molecule has 0 aliphatic heterocycles. The normalized spacial score (nSPS) is 15.3. The van der Waals surface area contributed by atoms with Crippen molar-refractivity contribution in [2.45, 2.75) is 34.1 Å². The van der Waals surface area contributed by atoms with E-state index >= 15 is 0 Å². The molecule has 0 bridgehead atoms. The molecule has 0 saturated carbocycles. The summed E-state index contributed by atoms with van der Waals surface area (Å²) in [6.07, 6.45) is 3.49. The molecule has 14 heavy (non-hydrogen) atoms. The van der Waals surface area contributed by atoms with Crippen LogP contribution in [0.25, 0.3) is 5.57 Å². The highest BCUT2D eigenvalue weighted by molar-refractivity contribution is 5.76. The lowest BCUT2D eigenvalue weighted by atomic mass is 9.83. The molecule has 0 amide bonds. The second-order valence-electron chi connectivity index (χ2n) is 5.23. The highest BCUT2D eigenvalue weighted by Crippen LogP contribution is 2.40. The van der Waals surface area contributed by atoms with Gasteiger partial charge in [-0.2, -0.15) is 0 Å². The van der Waals surface area contributed by atoms with E-state index in [0.717, 1.165) is 6.42 Å². The van der Waals surface area contributed by atoms with E-state index in [-0.39, 0.29) is 5.41 Å². The third-order valence-corrected chi connectivity index (χ3v) is 2.89. The van der Waals surface area contributed by atoms with Gasteiger partial charge in [-0.25, -0.2) is 0 Å². The van der Waals surface area contributed by atoms with Crippen LogP contribution in [0.4, 0.5) is 0 Å². The number of benzene rings is 1. The maximum atomic E-state index is 2.38. The van der Waals surface area contributed by atoms with Crippen molar-refractivity contribution >= 4 is 5.57 Å². The molecule has 1 aromatic carbocycles. The molecule has 1 aromatic rings. The van der Waals surface area contributed by atoms with Crippen LogP contribution in [0, 0.1) is 12.3 Å². The van der Waals surface area contributed by atoms with Gasteiger partial charge in [0.15, 0.2) is 0 Å². The Kier molecular flexibility index (Phi) is 2.02. The summed E-state index contributed by atoms with van der Waals surface area (Å²) in [7, 11) is 0. The van der Waals surface area contributed by atoms with Crippen LogP contribution in [0.5, 0.6) is 0 Å². The largest absolute Gasteiger partial charge is 0.0758 e. The molecule has 0 nitrogen and oxygen atoms in total. The molecule has 0 N–H and O–H groups in total. The Balaban J connectivity index is 2.48. The number of allylic oxidation sites excluding steroid dienone is 2. The highest BCUT2D eigenvalue weighted by atomic mass is 14.3. The molecule has 0 aromatic heterocycles. The Labute approximate surface area is 86.7 Å². The third-order valence-electron chi connectivity index (χ3n) is 2.89. The minimum absolute atomic E-state index is 0.278. The molecule has 2 rings (SSSR count). The first-order valence-electron chi connectivity index (χ1n) is 5.29. The minimum atomic E-state index is 0.278. The molecule has 0 heteroatoms. The zero-order chi connectivity index (χ0) is 10.3. The average Bonchev–Trinajstić information content (AvgIpc) is 2.45. The number of aryl methyl sites for hydroxylation is 1. The van der Waals surface area contributed by atoms with Gasteiger partial charge in [-0.05, 0) is 35.5 Å². The molecule has 0 unspecified atom stereocenters. The molecule has 0 fully saturated rings. The second-order valence-corrected chi connectivity index (χ2v) is 5.23. The van der Waals surface area contributed by atoms with Gasteiger partial charge in [0.2, 0.25) is 0 Å². The summed E-state index contributed by atoms with van der Waals surface area (Å²) < 4.78 is 0. The quantitative estimate of drug-likeness (QED) is 0.575. The summed E-state index contributed by atoms with van der Waals surface area (Å²) in [5, 5.41) is 0. The first-order valence-corrected chi connectivity index (χ1v) is 5.29. The lowest BCUT2D eigenvalue weighted by Gasteiger charge is -2.21. The van der Waals surface area contributed by atoms with Crippen LogP contribution in [0.2, 0.25) is 0 Å². The molecule has 0 atom stereocenters. The SMILES string of the molecule is Cc1ccc2c(c1)CC=C2C(C)(C)C. The Hall–Kier alpha value is -1.04. The fourth-order valence-electron chi connectivity index (χ4n) is 2.19. The summed E-state index contributed by atoms with van der Waals surface area (Å²) in [6.45, 7) is 9.02. The Morgan fingerprint density at radius 1 is 1.14 bits per heavy atom. The number of hydrogen-bond acceptors (Lipinski definition) is 0. The van der Waals surface area contributed by atoms with E-state index in [4.69, 9.17) is 0 Å². The van der Waals surface area contributed by atoms with Crippen LogP contribution in [0.3, 0.4) is 0 Å². The molecule has 0 heterocycles. The summed E-state index contributed by atoms with van der Waals surface area (Å²) in [4.78, 5) is 0. The van der Waals surface area contributed by atoms with Gasteiger partial charge in [-0.15, -0.1) is 0 Å². The summed E-state index contributed by atoms with van der Waals surface area (Å²) in [6, 6.07) is 6.79. The van der Waals surface area contributed by atoms with E-state index in [1.807, 2.05) is 0 Å². The zero-order valence-electron chi connectivity index (χ0n) is 9.52. The van der Waals surface area contributed by atoms with Crippen LogP contribution in [0.1, 0.15) is 37.5 Å². The van der Waals surface area contributed by atoms with Crippen molar-refractivity contribution < 1.29 is 0 Å². The van der Waals surface area contributed by atoms with Gasteiger partial charge >= 0.3 is 0 Å². The topological polar surface area (TPSA) is 0 Å². The number of hydrogen-bond donors (Lipinski definition) is 0. The maximum Gasteiger partial charge on any atom is -0.00851 e. The average molecular weight is 186 g/mol. The minimum Gasteiger partial charge on any atom is -0.0758 e. The van der Waals surface area contributed by atoms with Crippen molar-refractivity contribution in [2.75, 3.05) is 0 Å². The fourth-order valence-corrected chi connectivity index (χ4v) is 2.19. The third kappa shape index (κ3) is 1.50. The fraction of sp³-hybridized carbons (Fsp3) is 0.429. The molecule has 0 radical (unpaired) electrons. The van der Waals surface area contributed by atoms with Crippen LogP contribution in [-0.2, 0) is 6.42 Å². The van der Waals surface area contributed by atoms with E-state index in [0.29, 0.717) is 0 Å². The Bertz CT molecular complexity index is 389. The van der Waals surface area contributed by atoms with E-state index in [9.17, 15) is 0 Å². The highest BCUT2D eigenvalue weighted by Gasteiger charge is 2.23. The predicted molar refractivity (Wildman–Crippen MR) is 62.3 cm³/mol.